The lowest BCUT2D eigenvalue weighted by Crippen LogP contribution is -2.47. The Bertz CT molecular complexity index is 2120. The first kappa shape index (κ1) is 38.0. The van der Waals surface area contributed by atoms with Crippen LogP contribution in [-0.4, -0.2) is 70.4 Å². The number of hydrogen-bond acceptors (Lipinski definition) is 8. The fourth-order valence-electron chi connectivity index (χ4n) is 7.68. The average Bonchev–Trinajstić information content (AvgIpc) is 3.56. The van der Waals surface area contributed by atoms with Crippen molar-refractivity contribution in [1.29, 1.82) is 0 Å². The highest BCUT2D eigenvalue weighted by Gasteiger charge is 2.39. The Labute approximate surface area is 320 Å². The van der Waals surface area contributed by atoms with Crippen LogP contribution in [0.15, 0.2) is 102 Å². The first-order valence-corrected chi connectivity index (χ1v) is 19.1. The van der Waals surface area contributed by atoms with Crippen molar-refractivity contribution in [2.24, 2.45) is 5.92 Å². The summed E-state index contributed by atoms with van der Waals surface area (Å²) in [5.74, 6) is -0.435. The average molecular weight is 748 g/mol. The van der Waals surface area contributed by atoms with E-state index in [2.05, 4.69) is 39.6 Å². The summed E-state index contributed by atoms with van der Waals surface area (Å²) < 4.78 is 20.3. The Balaban J connectivity index is 1.03. The Hall–Kier alpha value is -5.27. The maximum Gasteiger partial charge on any atom is 0.326 e. The standard InChI is InChI=1S/C43H49N5O7/c1-3-53-39(50)25-45-42(51)44-24-30-7-6-8-34(23-30)31-15-17-33(18-16-31)41-54-38(28(2)40(55-41)32-13-11-29(27-49)12-14-32)26-47-21-19-35(20-22-47)48-37-10-5-4-9-36(37)46-43(48)52/h4-18,23,28,35,38,40-41,49H,3,19-22,24-27H2,1-2H3,(H,46,52)(H2,44,45,51)/t28-,38+,40+,41+/m1/s1. The third-order valence-electron chi connectivity index (χ3n) is 10.7. The smallest absolute Gasteiger partial charge is 0.326 e. The van der Waals surface area contributed by atoms with E-state index >= 15 is 0 Å². The van der Waals surface area contributed by atoms with Crippen LogP contribution >= 0.6 is 0 Å². The van der Waals surface area contributed by atoms with Gasteiger partial charge in [0.25, 0.3) is 0 Å². The van der Waals surface area contributed by atoms with Gasteiger partial charge >= 0.3 is 17.7 Å². The van der Waals surface area contributed by atoms with Gasteiger partial charge in [-0.3, -0.25) is 9.36 Å². The van der Waals surface area contributed by atoms with Gasteiger partial charge in [0.1, 0.15) is 6.54 Å². The van der Waals surface area contributed by atoms with E-state index in [4.69, 9.17) is 14.2 Å². The highest BCUT2D eigenvalue weighted by Crippen LogP contribution is 2.42. The van der Waals surface area contributed by atoms with Crippen LogP contribution < -0.4 is 16.3 Å². The number of piperidine rings is 1. The zero-order valence-corrected chi connectivity index (χ0v) is 31.3. The van der Waals surface area contributed by atoms with E-state index < -0.39 is 18.3 Å². The number of benzene rings is 4. The number of carbonyl (C=O) groups is 2. The number of aliphatic hydroxyl groups excluding tert-OH is 1. The van der Waals surface area contributed by atoms with Gasteiger partial charge in [0.15, 0.2) is 6.29 Å². The molecule has 2 aliphatic rings. The normalized spacial score (nSPS) is 20.6. The lowest BCUT2D eigenvalue weighted by atomic mass is 9.89. The second kappa shape index (κ2) is 17.5. The van der Waals surface area contributed by atoms with Crippen LogP contribution in [0.5, 0.6) is 0 Å². The van der Waals surface area contributed by atoms with Crippen LogP contribution in [0.1, 0.15) is 67.4 Å². The van der Waals surface area contributed by atoms with Crippen molar-refractivity contribution in [3.05, 3.63) is 130 Å². The number of urea groups is 1. The molecule has 0 spiro atoms. The van der Waals surface area contributed by atoms with Gasteiger partial charge in [-0.2, -0.15) is 0 Å². The summed E-state index contributed by atoms with van der Waals surface area (Å²) in [6, 6.07) is 31.6. The molecule has 1 aromatic heterocycles. The zero-order valence-electron chi connectivity index (χ0n) is 31.3. The highest BCUT2D eigenvalue weighted by molar-refractivity contribution is 5.80. The first-order valence-electron chi connectivity index (χ1n) is 19.1. The van der Waals surface area contributed by atoms with Crippen molar-refractivity contribution in [2.75, 3.05) is 32.8 Å². The predicted molar refractivity (Wildman–Crippen MR) is 209 cm³/mol. The number of carbonyl (C=O) groups excluding carboxylic acids is 2. The lowest BCUT2D eigenvalue weighted by molar-refractivity contribution is -0.276. The van der Waals surface area contributed by atoms with Crippen molar-refractivity contribution in [1.82, 2.24) is 25.1 Å². The van der Waals surface area contributed by atoms with Crippen LogP contribution in [0.3, 0.4) is 0 Å². The molecule has 4 atom stereocenters. The molecule has 0 radical (unpaired) electrons. The minimum absolute atomic E-state index is 0.0193. The molecule has 12 nitrogen and oxygen atoms in total. The SMILES string of the molecule is CCOC(=O)CNC(=O)NCc1cccc(-c2ccc([C@H]3O[C@@H](CN4CCC(n5c(=O)[nH]c6ccccc65)CC4)[C@@H](C)[C@@H](c4ccc(CO)cc4)O3)cc2)c1. The van der Waals surface area contributed by atoms with E-state index in [0.717, 1.165) is 76.9 Å². The number of likely N-dealkylation sites (tertiary alicyclic amines) is 1. The number of amides is 2. The first-order chi connectivity index (χ1) is 26.8. The van der Waals surface area contributed by atoms with Gasteiger partial charge in [0.05, 0.1) is 36.5 Å². The number of para-hydroxylation sites is 2. The van der Waals surface area contributed by atoms with Crippen LogP contribution in [0.2, 0.25) is 0 Å². The number of ether oxygens (including phenoxy) is 3. The third-order valence-corrected chi connectivity index (χ3v) is 10.7. The molecule has 7 rings (SSSR count). The molecular weight excluding hydrogens is 699 g/mol. The number of aromatic amines is 1. The lowest BCUT2D eigenvalue weighted by Gasteiger charge is -2.44. The van der Waals surface area contributed by atoms with Crippen LogP contribution in [0, 0.1) is 5.92 Å². The van der Waals surface area contributed by atoms with E-state index in [1.807, 2.05) is 89.5 Å². The van der Waals surface area contributed by atoms with Gasteiger partial charge in [0, 0.05) is 43.7 Å². The molecule has 288 valence electrons. The van der Waals surface area contributed by atoms with Gasteiger partial charge in [-0.25, -0.2) is 9.59 Å². The summed E-state index contributed by atoms with van der Waals surface area (Å²) in [6.07, 6.45) is 0.805. The molecule has 0 saturated carbocycles. The molecule has 0 unspecified atom stereocenters. The van der Waals surface area contributed by atoms with Gasteiger partial charge in [-0.15, -0.1) is 0 Å². The zero-order chi connectivity index (χ0) is 38.3. The van der Waals surface area contributed by atoms with Crippen molar-refractivity contribution in [3.63, 3.8) is 0 Å². The molecule has 2 amide bonds. The fourth-order valence-corrected chi connectivity index (χ4v) is 7.68. The molecule has 0 aliphatic carbocycles. The van der Waals surface area contributed by atoms with Crippen molar-refractivity contribution < 1.29 is 28.9 Å². The summed E-state index contributed by atoms with van der Waals surface area (Å²) in [5.41, 5.74) is 7.48. The Morgan fingerprint density at radius 1 is 0.873 bits per heavy atom. The van der Waals surface area contributed by atoms with Gasteiger partial charge in [-0.1, -0.05) is 85.8 Å². The molecule has 3 heterocycles. The van der Waals surface area contributed by atoms with Gasteiger partial charge < -0.3 is 39.8 Å². The number of nitrogens with one attached hydrogen (secondary N) is 3. The van der Waals surface area contributed by atoms with E-state index in [1.165, 1.54) is 0 Å². The molecule has 2 fully saturated rings. The minimum atomic E-state index is -0.594. The molecule has 4 N–H and O–H groups in total. The van der Waals surface area contributed by atoms with E-state index in [-0.39, 0.29) is 49.6 Å². The van der Waals surface area contributed by atoms with E-state index in [1.54, 1.807) is 6.92 Å². The number of nitrogens with zero attached hydrogens (tertiary/aromatic N) is 2. The minimum Gasteiger partial charge on any atom is -0.465 e. The molecule has 2 saturated heterocycles. The van der Waals surface area contributed by atoms with E-state index in [0.29, 0.717) is 6.54 Å². The topological polar surface area (TPSA) is 147 Å². The maximum atomic E-state index is 12.9. The monoisotopic (exact) mass is 747 g/mol. The summed E-state index contributed by atoms with van der Waals surface area (Å²) >= 11 is 0. The quantitative estimate of drug-likeness (QED) is 0.114. The summed E-state index contributed by atoms with van der Waals surface area (Å²) in [4.78, 5) is 42.1. The number of hydrogen-bond donors (Lipinski definition) is 4. The fraction of sp³-hybridized carbons (Fsp3) is 0.372. The number of aromatic nitrogens is 2. The largest absolute Gasteiger partial charge is 0.465 e. The number of rotatable bonds is 12. The second-order valence-corrected chi connectivity index (χ2v) is 14.3. The van der Waals surface area contributed by atoms with Crippen molar-refractivity contribution in [2.45, 2.75) is 64.4 Å². The Kier molecular flexibility index (Phi) is 12.1. The number of aliphatic hydroxyl groups is 1. The molecule has 12 heteroatoms. The van der Waals surface area contributed by atoms with Crippen LogP contribution in [0.4, 0.5) is 4.79 Å². The summed E-state index contributed by atoms with van der Waals surface area (Å²) in [6.45, 7) is 6.69. The second-order valence-electron chi connectivity index (χ2n) is 14.3. The van der Waals surface area contributed by atoms with Gasteiger partial charge in [0.2, 0.25) is 0 Å². The molecular formula is C43H49N5O7. The van der Waals surface area contributed by atoms with Crippen LogP contribution in [-0.2, 0) is 32.2 Å². The third kappa shape index (κ3) is 9.00. The molecule has 55 heavy (non-hydrogen) atoms. The summed E-state index contributed by atoms with van der Waals surface area (Å²) in [5, 5.41) is 15.0. The molecule has 0 bridgehead atoms. The Morgan fingerprint density at radius 2 is 1.62 bits per heavy atom. The number of fused-ring (bicyclic) bond motifs is 1. The maximum absolute atomic E-state index is 12.9. The van der Waals surface area contributed by atoms with Crippen molar-refractivity contribution >= 4 is 23.0 Å². The van der Waals surface area contributed by atoms with E-state index in [9.17, 15) is 19.5 Å². The van der Waals surface area contributed by atoms with Crippen LogP contribution in [0.25, 0.3) is 22.2 Å². The summed E-state index contributed by atoms with van der Waals surface area (Å²) in [7, 11) is 0. The predicted octanol–water partition coefficient (Wildman–Crippen LogP) is 5.98. The number of H-pyrrole nitrogens is 1. The molecule has 4 aromatic carbocycles. The number of imidazole rings is 1. The van der Waals surface area contributed by atoms with Crippen molar-refractivity contribution in [3.8, 4) is 11.1 Å². The molecule has 2 aliphatic heterocycles. The Morgan fingerprint density at radius 3 is 2.36 bits per heavy atom. The van der Waals surface area contributed by atoms with Gasteiger partial charge in [-0.05, 0) is 65.8 Å². The number of esters is 1. The highest BCUT2D eigenvalue weighted by atomic mass is 16.7. The molecule has 5 aromatic rings.